The SMILES string of the molecule is Cc1cc(CC(C)(C)C(=O)O)ccc1Cl. The van der Waals surface area contributed by atoms with Gasteiger partial charge in [-0.3, -0.25) is 4.79 Å². The average Bonchev–Trinajstić information content (AvgIpc) is 2.10. The van der Waals surface area contributed by atoms with Crippen LogP contribution in [0.5, 0.6) is 0 Å². The van der Waals surface area contributed by atoms with Crippen LogP contribution in [0.25, 0.3) is 0 Å². The molecule has 0 saturated heterocycles. The third-order valence-electron chi connectivity index (χ3n) is 2.45. The number of hydrogen-bond acceptors (Lipinski definition) is 1. The van der Waals surface area contributed by atoms with Crippen LogP contribution in [0, 0.1) is 12.3 Å². The Balaban J connectivity index is 2.91. The molecule has 3 heteroatoms. The van der Waals surface area contributed by atoms with Crippen molar-refractivity contribution in [2.45, 2.75) is 27.2 Å². The van der Waals surface area contributed by atoms with Gasteiger partial charge in [0.1, 0.15) is 0 Å². The Morgan fingerprint density at radius 2 is 2.07 bits per heavy atom. The van der Waals surface area contributed by atoms with Gasteiger partial charge in [0.2, 0.25) is 0 Å². The lowest BCUT2D eigenvalue weighted by atomic mass is 9.85. The van der Waals surface area contributed by atoms with Gasteiger partial charge in [-0.1, -0.05) is 23.7 Å². The highest BCUT2D eigenvalue weighted by atomic mass is 35.5. The molecule has 1 N–H and O–H groups in total. The van der Waals surface area contributed by atoms with E-state index < -0.39 is 11.4 Å². The maximum absolute atomic E-state index is 11.0. The number of carbonyl (C=O) groups is 1. The largest absolute Gasteiger partial charge is 0.481 e. The first-order valence-corrected chi connectivity index (χ1v) is 5.19. The van der Waals surface area contributed by atoms with Crippen molar-refractivity contribution >= 4 is 17.6 Å². The minimum absolute atomic E-state index is 0.514. The molecule has 2 nitrogen and oxygen atoms in total. The summed E-state index contributed by atoms with van der Waals surface area (Å²) in [6, 6.07) is 5.62. The standard InChI is InChI=1S/C12H15ClO2/c1-8-6-9(4-5-10(8)13)7-12(2,3)11(14)15/h4-6H,7H2,1-3H3,(H,14,15). The second kappa shape index (κ2) is 4.23. The quantitative estimate of drug-likeness (QED) is 0.859. The van der Waals surface area contributed by atoms with E-state index in [1.54, 1.807) is 13.8 Å². The lowest BCUT2D eigenvalue weighted by molar-refractivity contribution is -0.146. The van der Waals surface area contributed by atoms with Gasteiger partial charge in [0.25, 0.3) is 0 Å². The Labute approximate surface area is 94.9 Å². The van der Waals surface area contributed by atoms with Gasteiger partial charge in [0.05, 0.1) is 5.41 Å². The third kappa shape index (κ3) is 2.96. The van der Waals surface area contributed by atoms with Crippen LogP contribution in [0.2, 0.25) is 5.02 Å². The molecule has 0 aromatic heterocycles. The molecule has 0 atom stereocenters. The van der Waals surface area contributed by atoms with Gasteiger partial charge in [-0.2, -0.15) is 0 Å². The van der Waals surface area contributed by atoms with Crippen molar-refractivity contribution in [1.29, 1.82) is 0 Å². The number of carboxylic acids is 1. The fourth-order valence-electron chi connectivity index (χ4n) is 1.40. The van der Waals surface area contributed by atoms with Crippen molar-refractivity contribution in [2.75, 3.05) is 0 Å². The van der Waals surface area contributed by atoms with Crippen LogP contribution in [-0.4, -0.2) is 11.1 Å². The van der Waals surface area contributed by atoms with Gasteiger partial charge >= 0.3 is 5.97 Å². The molecule has 0 fully saturated rings. The van der Waals surface area contributed by atoms with Crippen LogP contribution in [-0.2, 0) is 11.2 Å². The van der Waals surface area contributed by atoms with Crippen LogP contribution in [0.3, 0.4) is 0 Å². The summed E-state index contributed by atoms with van der Waals surface area (Å²) < 4.78 is 0. The summed E-state index contributed by atoms with van der Waals surface area (Å²) in [5.74, 6) is -0.782. The summed E-state index contributed by atoms with van der Waals surface area (Å²) in [4.78, 5) is 11.0. The highest BCUT2D eigenvalue weighted by Gasteiger charge is 2.27. The molecular formula is C12H15ClO2. The summed E-state index contributed by atoms with van der Waals surface area (Å²) >= 11 is 5.90. The zero-order valence-electron chi connectivity index (χ0n) is 9.17. The van der Waals surface area contributed by atoms with E-state index >= 15 is 0 Å². The molecule has 15 heavy (non-hydrogen) atoms. The third-order valence-corrected chi connectivity index (χ3v) is 2.87. The van der Waals surface area contributed by atoms with Crippen molar-refractivity contribution in [2.24, 2.45) is 5.41 Å². The molecule has 0 aliphatic carbocycles. The average molecular weight is 227 g/mol. The predicted molar refractivity (Wildman–Crippen MR) is 61.3 cm³/mol. The first-order chi connectivity index (χ1) is 6.83. The van der Waals surface area contributed by atoms with Gasteiger partial charge in [0, 0.05) is 5.02 Å². The van der Waals surface area contributed by atoms with Crippen LogP contribution in [0.15, 0.2) is 18.2 Å². The van der Waals surface area contributed by atoms with Gasteiger partial charge in [-0.25, -0.2) is 0 Å². The summed E-state index contributed by atoms with van der Waals surface area (Å²) in [5, 5.41) is 9.72. The van der Waals surface area contributed by atoms with Gasteiger partial charge in [0.15, 0.2) is 0 Å². The van der Waals surface area contributed by atoms with Crippen LogP contribution in [0.1, 0.15) is 25.0 Å². The number of carboxylic acid groups (broad SMARTS) is 1. The summed E-state index contributed by atoms with van der Waals surface area (Å²) in [7, 11) is 0. The second-order valence-corrected chi connectivity index (χ2v) is 4.86. The number of rotatable bonds is 3. The molecule has 0 bridgehead atoms. The maximum Gasteiger partial charge on any atom is 0.309 e. The molecule has 0 radical (unpaired) electrons. The molecule has 0 aliphatic rings. The molecular weight excluding hydrogens is 212 g/mol. The van der Waals surface area contributed by atoms with Crippen LogP contribution >= 0.6 is 11.6 Å². The number of aliphatic carboxylic acids is 1. The first-order valence-electron chi connectivity index (χ1n) is 4.81. The lowest BCUT2D eigenvalue weighted by Crippen LogP contribution is -2.26. The zero-order chi connectivity index (χ0) is 11.6. The van der Waals surface area contributed by atoms with E-state index in [0.717, 1.165) is 11.1 Å². The van der Waals surface area contributed by atoms with Crippen molar-refractivity contribution in [3.8, 4) is 0 Å². The Kier molecular flexibility index (Phi) is 3.40. The van der Waals surface area contributed by atoms with E-state index in [0.29, 0.717) is 11.4 Å². The van der Waals surface area contributed by atoms with Crippen LogP contribution in [0.4, 0.5) is 0 Å². The Bertz CT molecular complexity index is 383. The van der Waals surface area contributed by atoms with E-state index in [-0.39, 0.29) is 0 Å². The topological polar surface area (TPSA) is 37.3 Å². The summed E-state index contributed by atoms with van der Waals surface area (Å²) in [6.07, 6.45) is 0.514. The minimum atomic E-state index is -0.782. The monoisotopic (exact) mass is 226 g/mol. The molecule has 0 heterocycles. The molecule has 0 aliphatic heterocycles. The first kappa shape index (κ1) is 12.1. The van der Waals surface area contributed by atoms with E-state index in [9.17, 15) is 4.79 Å². The molecule has 1 rings (SSSR count). The smallest absolute Gasteiger partial charge is 0.309 e. The zero-order valence-corrected chi connectivity index (χ0v) is 9.93. The van der Waals surface area contributed by atoms with Crippen molar-refractivity contribution in [1.82, 2.24) is 0 Å². The molecule has 0 unspecified atom stereocenters. The Morgan fingerprint density at radius 1 is 1.47 bits per heavy atom. The van der Waals surface area contributed by atoms with Crippen molar-refractivity contribution < 1.29 is 9.90 Å². The normalized spacial score (nSPS) is 11.5. The number of aryl methyl sites for hydroxylation is 1. The van der Waals surface area contributed by atoms with E-state index in [1.165, 1.54) is 0 Å². The molecule has 0 amide bonds. The van der Waals surface area contributed by atoms with Gasteiger partial charge in [-0.05, 0) is 44.4 Å². The van der Waals surface area contributed by atoms with Gasteiger partial charge in [-0.15, -0.1) is 0 Å². The number of halogens is 1. The Morgan fingerprint density at radius 3 is 2.53 bits per heavy atom. The second-order valence-electron chi connectivity index (χ2n) is 4.45. The fraction of sp³-hybridized carbons (Fsp3) is 0.417. The Hall–Kier alpha value is -1.02. The van der Waals surface area contributed by atoms with E-state index in [2.05, 4.69) is 0 Å². The number of hydrogen-bond donors (Lipinski definition) is 1. The predicted octanol–water partition coefficient (Wildman–Crippen LogP) is 3.30. The molecule has 0 spiro atoms. The maximum atomic E-state index is 11.0. The van der Waals surface area contributed by atoms with Crippen molar-refractivity contribution in [3.63, 3.8) is 0 Å². The minimum Gasteiger partial charge on any atom is -0.481 e. The number of benzene rings is 1. The van der Waals surface area contributed by atoms with Gasteiger partial charge < -0.3 is 5.11 Å². The summed E-state index contributed by atoms with van der Waals surface area (Å²) in [5.41, 5.74) is 1.25. The molecule has 82 valence electrons. The van der Waals surface area contributed by atoms with E-state index in [1.807, 2.05) is 25.1 Å². The van der Waals surface area contributed by atoms with E-state index in [4.69, 9.17) is 16.7 Å². The molecule has 0 saturated carbocycles. The summed E-state index contributed by atoms with van der Waals surface area (Å²) in [6.45, 7) is 5.36. The van der Waals surface area contributed by atoms with Crippen molar-refractivity contribution in [3.05, 3.63) is 34.3 Å². The lowest BCUT2D eigenvalue weighted by Gasteiger charge is -2.19. The fourth-order valence-corrected chi connectivity index (χ4v) is 1.52. The molecule has 1 aromatic carbocycles. The van der Waals surface area contributed by atoms with Crippen LogP contribution < -0.4 is 0 Å². The highest BCUT2D eigenvalue weighted by Crippen LogP contribution is 2.24. The highest BCUT2D eigenvalue weighted by molar-refractivity contribution is 6.31. The molecule has 1 aromatic rings.